The molecule has 0 bridgehead atoms. The summed E-state index contributed by atoms with van der Waals surface area (Å²) in [5.41, 5.74) is 0. The second-order valence-electron chi connectivity index (χ2n) is 5.65. The number of carbonyl (C=O) groups excluding carboxylic acids is 1. The van der Waals surface area contributed by atoms with Crippen molar-refractivity contribution in [3.63, 3.8) is 0 Å². The number of fused-ring (bicyclic) bond motifs is 1. The lowest BCUT2D eigenvalue weighted by Crippen LogP contribution is -2.30. The smallest absolute Gasteiger partial charge is 0.257 e. The molecular formula is C20H21NO3S2. The van der Waals surface area contributed by atoms with Gasteiger partial charge in [-0.05, 0) is 46.5 Å². The first-order valence-electron chi connectivity index (χ1n) is 8.32. The van der Waals surface area contributed by atoms with Gasteiger partial charge in [0.2, 0.25) is 0 Å². The molecule has 0 unspecified atom stereocenters. The first-order chi connectivity index (χ1) is 12.7. The third-order valence-electron chi connectivity index (χ3n) is 3.78. The summed E-state index contributed by atoms with van der Waals surface area (Å²) in [6.07, 6.45) is 0. The summed E-state index contributed by atoms with van der Waals surface area (Å²) in [6, 6.07) is 15.8. The summed E-state index contributed by atoms with van der Waals surface area (Å²) < 4.78 is 10.8. The Hall–Kier alpha value is -2.18. The largest absolute Gasteiger partial charge is 0.497 e. The van der Waals surface area contributed by atoms with E-state index in [4.69, 9.17) is 9.47 Å². The molecule has 0 saturated carbocycles. The number of benzene rings is 2. The van der Waals surface area contributed by atoms with E-state index >= 15 is 0 Å². The van der Waals surface area contributed by atoms with Gasteiger partial charge in [-0.25, -0.2) is 0 Å². The van der Waals surface area contributed by atoms with Gasteiger partial charge in [0, 0.05) is 22.9 Å². The van der Waals surface area contributed by atoms with E-state index in [0.29, 0.717) is 12.3 Å². The molecule has 1 N–H and O–H groups in total. The maximum Gasteiger partial charge on any atom is 0.257 e. The first kappa shape index (κ1) is 18.6. The van der Waals surface area contributed by atoms with Crippen LogP contribution in [0.25, 0.3) is 10.8 Å². The molecule has 0 radical (unpaired) electrons. The fourth-order valence-electron chi connectivity index (χ4n) is 2.45. The van der Waals surface area contributed by atoms with Crippen LogP contribution in [0.5, 0.6) is 11.5 Å². The van der Waals surface area contributed by atoms with Crippen molar-refractivity contribution in [3.8, 4) is 11.5 Å². The Bertz CT molecular complexity index is 849. The number of methoxy groups -OCH3 is 1. The molecule has 0 atom stereocenters. The molecule has 26 heavy (non-hydrogen) atoms. The average molecular weight is 388 g/mol. The molecule has 0 aliphatic heterocycles. The van der Waals surface area contributed by atoms with Gasteiger partial charge in [-0.3, -0.25) is 4.79 Å². The van der Waals surface area contributed by atoms with Gasteiger partial charge in [-0.1, -0.05) is 18.2 Å². The predicted octanol–water partition coefficient (Wildman–Crippen LogP) is 4.34. The van der Waals surface area contributed by atoms with Crippen molar-refractivity contribution >= 4 is 39.8 Å². The zero-order valence-corrected chi connectivity index (χ0v) is 16.2. The van der Waals surface area contributed by atoms with Gasteiger partial charge in [0.15, 0.2) is 6.61 Å². The van der Waals surface area contributed by atoms with Crippen molar-refractivity contribution in [2.24, 2.45) is 0 Å². The monoisotopic (exact) mass is 387 g/mol. The second kappa shape index (κ2) is 9.50. The lowest BCUT2D eigenvalue weighted by Gasteiger charge is -2.09. The van der Waals surface area contributed by atoms with Crippen LogP contribution in [0.4, 0.5) is 0 Å². The highest BCUT2D eigenvalue weighted by Crippen LogP contribution is 2.25. The molecule has 3 rings (SSSR count). The van der Waals surface area contributed by atoms with Crippen LogP contribution in [0.1, 0.15) is 4.88 Å². The molecule has 6 heteroatoms. The second-order valence-corrected chi connectivity index (χ2v) is 7.78. The minimum Gasteiger partial charge on any atom is -0.497 e. The van der Waals surface area contributed by atoms with E-state index in [1.54, 1.807) is 18.4 Å². The van der Waals surface area contributed by atoms with E-state index in [0.717, 1.165) is 28.0 Å². The van der Waals surface area contributed by atoms with E-state index in [2.05, 4.69) is 22.8 Å². The minimum absolute atomic E-state index is 0.0189. The Morgan fingerprint density at radius 2 is 1.92 bits per heavy atom. The first-order valence-corrected chi connectivity index (χ1v) is 10.4. The molecule has 3 aromatic rings. The molecule has 2 aromatic carbocycles. The van der Waals surface area contributed by atoms with E-state index in [-0.39, 0.29) is 12.5 Å². The van der Waals surface area contributed by atoms with Crippen LogP contribution in [0, 0.1) is 0 Å². The summed E-state index contributed by atoms with van der Waals surface area (Å²) in [4.78, 5) is 13.3. The fraction of sp³-hybridized carbons (Fsp3) is 0.250. The number of thiophene rings is 1. The molecule has 0 saturated heterocycles. The number of rotatable bonds is 9. The maximum absolute atomic E-state index is 11.9. The number of hydrogen-bond donors (Lipinski definition) is 1. The molecule has 1 amide bonds. The van der Waals surface area contributed by atoms with Crippen LogP contribution in [-0.2, 0) is 10.5 Å². The lowest BCUT2D eigenvalue weighted by molar-refractivity contribution is -0.122. The van der Waals surface area contributed by atoms with E-state index in [9.17, 15) is 4.79 Å². The van der Waals surface area contributed by atoms with Crippen molar-refractivity contribution in [2.45, 2.75) is 5.75 Å². The van der Waals surface area contributed by atoms with Crippen molar-refractivity contribution in [2.75, 3.05) is 26.0 Å². The topological polar surface area (TPSA) is 47.6 Å². The third kappa shape index (κ3) is 5.41. The zero-order chi connectivity index (χ0) is 18.2. The summed E-state index contributed by atoms with van der Waals surface area (Å²) in [7, 11) is 1.64. The SMILES string of the molecule is COc1ccc2ccc(OCC(=O)NCCSCc3cccs3)cc2c1. The molecule has 0 fully saturated rings. The highest BCUT2D eigenvalue weighted by atomic mass is 32.2. The van der Waals surface area contributed by atoms with Gasteiger partial charge in [0.25, 0.3) is 5.91 Å². The van der Waals surface area contributed by atoms with Gasteiger partial charge in [-0.15, -0.1) is 11.3 Å². The molecule has 1 heterocycles. The van der Waals surface area contributed by atoms with Gasteiger partial charge in [0.05, 0.1) is 7.11 Å². The van der Waals surface area contributed by atoms with Crippen LogP contribution in [0.15, 0.2) is 53.9 Å². The lowest BCUT2D eigenvalue weighted by atomic mass is 10.1. The van der Waals surface area contributed by atoms with Crippen LogP contribution < -0.4 is 14.8 Å². The van der Waals surface area contributed by atoms with Crippen LogP contribution >= 0.6 is 23.1 Å². The Morgan fingerprint density at radius 1 is 1.12 bits per heavy atom. The van der Waals surface area contributed by atoms with Crippen molar-refractivity contribution in [1.82, 2.24) is 5.32 Å². The number of thioether (sulfide) groups is 1. The van der Waals surface area contributed by atoms with Crippen LogP contribution in [-0.4, -0.2) is 31.9 Å². The Kier molecular flexibility index (Phi) is 6.80. The Morgan fingerprint density at radius 3 is 2.69 bits per heavy atom. The Balaban J connectivity index is 1.40. The van der Waals surface area contributed by atoms with Crippen molar-refractivity contribution < 1.29 is 14.3 Å². The minimum atomic E-state index is -0.104. The van der Waals surface area contributed by atoms with Crippen LogP contribution in [0.2, 0.25) is 0 Å². The number of hydrogen-bond acceptors (Lipinski definition) is 5. The van der Waals surface area contributed by atoms with Crippen LogP contribution in [0.3, 0.4) is 0 Å². The summed E-state index contributed by atoms with van der Waals surface area (Å²) in [5, 5.41) is 7.09. The number of nitrogens with one attached hydrogen (secondary N) is 1. The zero-order valence-electron chi connectivity index (χ0n) is 14.6. The van der Waals surface area contributed by atoms with E-state index < -0.39 is 0 Å². The maximum atomic E-state index is 11.9. The Labute approximate surface area is 161 Å². The summed E-state index contributed by atoms with van der Waals surface area (Å²) >= 11 is 3.58. The molecule has 0 spiro atoms. The fourth-order valence-corrected chi connectivity index (χ4v) is 4.15. The van der Waals surface area contributed by atoms with Gasteiger partial charge < -0.3 is 14.8 Å². The standard InChI is InChI=1S/C20H21NO3S2/c1-23-17-6-4-15-5-7-18(12-16(15)11-17)24-13-20(22)21-8-10-25-14-19-3-2-9-26-19/h2-7,9,11-12H,8,10,13-14H2,1H3,(H,21,22). The molecule has 0 aliphatic carbocycles. The summed E-state index contributed by atoms with van der Waals surface area (Å²) in [5.74, 6) is 3.25. The van der Waals surface area contributed by atoms with Crippen molar-refractivity contribution in [3.05, 3.63) is 58.8 Å². The highest BCUT2D eigenvalue weighted by Gasteiger charge is 2.04. The highest BCUT2D eigenvalue weighted by molar-refractivity contribution is 7.98. The number of amides is 1. The average Bonchev–Trinajstić information content (AvgIpc) is 3.19. The van der Waals surface area contributed by atoms with Gasteiger partial charge in [-0.2, -0.15) is 11.8 Å². The third-order valence-corrected chi connectivity index (χ3v) is 5.85. The van der Waals surface area contributed by atoms with E-state index in [1.165, 1.54) is 4.88 Å². The van der Waals surface area contributed by atoms with Gasteiger partial charge in [0.1, 0.15) is 11.5 Å². The summed E-state index contributed by atoms with van der Waals surface area (Å²) in [6.45, 7) is 0.665. The van der Waals surface area contributed by atoms with Crippen molar-refractivity contribution in [1.29, 1.82) is 0 Å². The molecule has 4 nitrogen and oxygen atoms in total. The predicted molar refractivity (Wildman–Crippen MR) is 109 cm³/mol. The molecule has 1 aromatic heterocycles. The number of ether oxygens (including phenoxy) is 2. The van der Waals surface area contributed by atoms with Gasteiger partial charge >= 0.3 is 0 Å². The molecule has 136 valence electrons. The normalized spacial score (nSPS) is 10.7. The molecule has 0 aliphatic rings. The quantitative estimate of drug-likeness (QED) is 0.555. The van der Waals surface area contributed by atoms with E-state index in [1.807, 2.05) is 48.2 Å². The molecular weight excluding hydrogens is 366 g/mol. The number of carbonyl (C=O) groups is 1.